The van der Waals surface area contributed by atoms with Crippen LogP contribution in [0.25, 0.3) is 0 Å². The quantitative estimate of drug-likeness (QED) is 0.448. The third kappa shape index (κ3) is 8.06. The Labute approximate surface area is 187 Å². The van der Waals surface area contributed by atoms with Crippen LogP contribution >= 0.6 is 11.8 Å². The average molecular weight is 428 g/mol. The highest BCUT2D eigenvalue weighted by atomic mass is 32.2. The molecule has 0 saturated carbocycles. The first kappa shape index (κ1) is 24.3. The van der Waals surface area contributed by atoms with Crippen molar-refractivity contribution in [1.29, 1.82) is 0 Å². The van der Waals surface area contributed by atoms with Crippen LogP contribution in [0.5, 0.6) is 5.75 Å². The van der Waals surface area contributed by atoms with E-state index in [0.29, 0.717) is 5.41 Å². The Bertz CT molecular complexity index is 830. The molecule has 0 spiro atoms. The molecule has 0 aliphatic rings. The van der Waals surface area contributed by atoms with Gasteiger partial charge in [-0.2, -0.15) is 0 Å². The van der Waals surface area contributed by atoms with Crippen molar-refractivity contribution in [3.63, 3.8) is 0 Å². The van der Waals surface area contributed by atoms with E-state index in [1.54, 1.807) is 18.9 Å². The van der Waals surface area contributed by atoms with Gasteiger partial charge in [0.05, 0.1) is 7.11 Å². The van der Waals surface area contributed by atoms with Gasteiger partial charge in [-0.3, -0.25) is 4.79 Å². The first-order valence-corrected chi connectivity index (χ1v) is 11.7. The second kappa shape index (κ2) is 10.4. The highest BCUT2D eigenvalue weighted by molar-refractivity contribution is 7.98. The van der Waals surface area contributed by atoms with Crippen LogP contribution in [0.3, 0.4) is 0 Å². The number of nitrogens with one attached hydrogen (secondary N) is 1. The minimum atomic E-state index is -0.422. The standard InChI is InChI=1S/C26H37NO2S/c1-25(2,3)16-8-9-20-12-15-22(17-23(20)27-24(28)26(4,5)6)30-18-19-10-13-21(29-7)14-11-19/h10-15,17H,8-9,16,18H2,1-7H3,(H,27,28). The van der Waals surface area contributed by atoms with Crippen LogP contribution in [0.1, 0.15) is 65.5 Å². The number of ether oxygens (including phenoxy) is 1. The SMILES string of the molecule is COc1ccc(CSc2ccc(CCCC(C)(C)C)c(NC(=O)C(C)(C)C)c2)cc1. The molecule has 164 valence electrons. The molecule has 30 heavy (non-hydrogen) atoms. The van der Waals surface area contributed by atoms with E-state index in [-0.39, 0.29) is 5.91 Å². The molecule has 0 fully saturated rings. The largest absolute Gasteiger partial charge is 0.497 e. The number of carbonyl (C=O) groups is 1. The molecule has 0 aliphatic heterocycles. The average Bonchev–Trinajstić information content (AvgIpc) is 2.66. The number of methoxy groups -OCH3 is 1. The van der Waals surface area contributed by atoms with Crippen molar-refractivity contribution in [3.05, 3.63) is 53.6 Å². The molecule has 0 aromatic heterocycles. The smallest absolute Gasteiger partial charge is 0.229 e. The lowest BCUT2D eigenvalue weighted by atomic mass is 9.88. The third-order valence-electron chi connectivity index (χ3n) is 4.95. The van der Waals surface area contributed by atoms with Crippen LogP contribution in [0.15, 0.2) is 47.4 Å². The lowest BCUT2D eigenvalue weighted by Crippen LogP contribution is -2.28. The van der Waals surface area contributed by atoms with E-state index in [1.807, 2.05) is 32.9 Å². The molecule has 0 radical (unpaired) electrons. The van der Waals surface area contributed by atoms with Gasteiger partial charge in [-0.15, -0.1) is 11.8 Å². The zero-order valence-electron chi connectivity index (χ0n) is 19.6. The van der Waals surface area contributed by atoms with E-state index in [9.17, 15) is 4.79 Å². The topological polar surface area (TPSA) is 38.3 Å². The minimum Gasteiger partial charge on any atom is -0.497 e. The van der Waals surface area contributed by atoms with Gasteiger partial charge in [0, 0.05) is 21.8 Å². The van der Waals surface area contributed by atoms with Gasteiger partial charge in [-0.1, -0.05) is 59.7 Å². The second-order valence-electron chi connectivity index (χ2n) is 10.1. The first-order chi connectivity index (χ1) is 14.0. The van der Waals surface area contributed by atoms with E-state index in [1.165, 1.54) is 11.1 Å². The normalized spacial score (nSPS) is 12.0. The molecule has 2 aromatic carbocycles. The highest BCUT2D eigenvalue weighted by Gasteiger charge is 2.22. The number of hydrogen-bond acceptors (Lipinski definition) is 3. The maximum Gasteiger partial charge on any atom is 0.229 e. The summed E-state index contributed by atoms with van der Waals surface area (Å²) in [4.78, 5) is 13.8. The maximum atomic E-state index is 12.6. The van der Waals surface area contributed by atoms with Crippen molar-refractivity contribution in [2.75, 3.05) is 12.4 Å². The summed E-state index contributed by atoms with van der Waals surface area (Å²) in [5.41, 5.74) is 3.31. The number of amides is 1. The molecule has 0 aliphatic carbocycles. The Morgan fingerprint density at radius 3 is 2.23 bits per heavy atom. The fourth-order valence-electron chi connectivity index (χ4n) is 2.99. The zero-order chi connectivity index (χ0) is 22.4. The summed E-state index contributed by atoms with van der Waals surface area (Å²) in [5.74, 6) is 1.80. The van der Waals surface area contributed by atoms with E-state index >= 15 is 0 Å². The molecular formula is C26H37NO2S. The predicted molar refractivity (Wildman–Crippen MR) is 129 cm³/mol. The predicted octanol–water partition coefficient (Wildman–Crippen LogP) is 7.34. The minimum absolute atomic E-state index is 0.0527. The van der Waals surface area contributed by atoms with Crippen molar-refractivity contribution in [2.45, 2.75) is 71.5 Å². The van der Waals surface area contributed by atoms with Gasteiger partial charge in [0.2, 0.25) is 5.91 Å². The van der Waals surface area contributed by atoms with Gasteiger partial charge in [0.15, 0.2) is 0 Å². The fourth-order valence-corrected chi connectivity index (χ4v) is 3.88. The molecule has 0 saturated heterocycles. The number of anilines is 1. The van der Waals surface area contributed by atoms with Crippen LogP contribution in [0.2, 0.25) is 0 Å². The Morgan fingerprint density at radius 1 is 1.00 bits per heavy atom. The molecule has 1 N–H and O–H groups in total. The molecule has 1 amide bonds. The van der Waals surface area contributed by atoms with Crippen molar-refractivity contribution >= 4 is 23.4 Å². The van der Waals surface area contributed by atoms with E-state index < -0.39 is 5.41 Å². The Hall–Kier alpha value is -1.94. The summed E-state index contributed by atoms with van der Waals surface area (Å²) in [6.45, 7) is 12.7. The molecule has 3 nitrogen and oxygen atoms in total. The number of benzene rings is 2. The van der Waals surface area contributed by atoms with E-state index in [4.69, 9.17) is 4.74 Å². The van der Waals surface area contributed by atoms with Gasteiger partial charge in [-0.05, 0) is 60.1 Å². The highest BCUT2D eigenvalue weighted by Crippen LogP contribution is 2.31. The van der Waals surface area contributed by atoms with Crippen molar-refractivity contribution in [3.8, 4) is 5.75 Å². The van der Waals surface area contributed by atoms with Crippen molar-refractivity contribution < 1.29 is 9.53 Å². The Kier molecular flexibility index (Phi) is 8.42. The number of rotatable bonds is 8. The summed E-state index contributed by atoms with van der Waals surface area (Å²) in [5, 5.41) is 3.18. The summed E-state index contributed by atoms with van der Waals surface area (Å²) in [7, 11) is 1.68. The monoisotopic (exact) mass is 427 g/mol. The van der Waals surface area contributed by atoms with Gasteiger partial charge in [-0.25, -0.2) is 0 Å². The zero-order valence-corrected chi connectivity index (χ0v) is 20.4. The third-order valence-corrected chi connectivity index (χ3v) is 6.01. The molecule has 0 heterocycles. The molecule has 0 unspecified atom stereocenters. The van der Waals surface area contributed by atoms with Crippen LogP contribution in [-0.2, 0) is 17.0 Å². The molecular weight excluding hydrogens is 390 g/mol. The second-order valence-corrected chi connectivity index (χ2v) is 11.1. The fraction of sp³-hybridized carbons (Fsp3) is 0.500. The maximum absolute atomic E-state index is 12.6. The van der Waals surface area contributed by atoms with Crippen LogP contribution in [0, 0.1) is 10.8 Å². The van der Waals surface area contributed by atoms with Crippen molar-refractivity contribution in [2.24, 2.45) is 10.8 Å². The summed E-state index contributed by atoms with van der Waals surface area (Å²) < 4.78 is 5.23. The van der Waals surface area contributed by atoms with Crippen molar-refractivity contribution in [1.82, 2.24) is 0 Å². The molecule has 4 heteroatoms. The van der Waals surface area contributed by atoms with Crippen LogP contribution < -0.4 is 10.1 Å². The first-order valence-electron chi connectivity index (χ1n) is 10.7. The van der Waals surface area contributed by atoms with Gasteiger partial charge >= 0.3 is 0 Å². The summed E-state index contributed by atoms with van der Waals surface area (Å²) in [6, 6.07) is 14.6. The van der Waals surface area contributed by atoms with Gasteiger partial charge in [0.25, 0.3) is 0 Å². The van der Waals surface area contributed by atoms with Gasteiger partial charge in [0.1, 0.15) is 5.75 Å². The number of hydrogen-bond donors (Lipinski definition) is 1. The molecule has 2 rings (SSSR count). The van der Waals surface area contributed by atoms with Gasteiger partial charge < -0.3 is 10.1 Å². The van der Waals surface area contributed by atoms with Crippen LogP contribution in [-0.4, -0.2) is 13.0 Å². The lowest BCUT2D eigenvalue weighted by Gasteiger charge is -2.21. The molecule has 2 aromatic rings. The molecule has 0 atom stereocenters. The van der Waals surface area contributed by atoms with E-state index in [2.05, 4.69) is 56.4 Å². The van der Waals surface area contributed by atoms with E-state index in [0.717, 1.165) is 41.3 Å². The lowest BCUT2D eigenvalue weighted by molar-refractivity contribution is -0.123. The summed E-state index contributed by atoms with van der Waals surface area (Å²) >= 11 is 1.78. The Balaban J connectivity index is 2.14. The summed E-state index contributed by atoms with van der Waals surface area (Å²) in [6.07, 6.45) is 3.24. The number of aryl methyl sites for hydroxylation is 1. The molecule has 0 bridgehead atoms. The Morgan fingerprint density at radius 2 is 1.67 bits per heavy atom. The number of carbonyl (C=O) groups excluding carboxylic acids is 1. The van der Waals surface area contributed by atoms with Crippen LogP contribution in [0.4, 0.5) is 5.69 Å². The number of thioether (sulfide) groups is 1.